The predicted octanol–water partition coefficient (Wildman–Crippen LogP) is 3.14. The van der Waals surface area contributed by atoms with E-state index < -0.39 is 7.92 Å². The van der Waals surface area contributed by atoms with E-state index in [0.717, 1.165) is 6.32 Å². The van der Waals surface area contributed by atoms with Crippen LogP contribution in [-0.4, -0.2) is 44.8 Å². The van der Waals surface area contributed by atoms with Gasteiger partial charge in [-0.25, -0.2) is 0 Å². The quantitative estimate of drug-likeness (QED) is 0.463. The summed E-state index contributed by atoms with van der Waals surface area (Å²) in [7, 11) is 8.06. The monoisotopic (exact) mass is 374 g/mol. The Bertz CT molecular complexity index is 790. The molecule has 0 aliphatic heterocycles. The van der Waals surface area contributed by atoms with Crippen LogP contribution in [0.2, 0.25) is 0 Å². The van der Waals surface area contributed by atoms with Gasteiger partial charge in [0.2, 0.25) is 0 Å². The topological polar surface area (TPSA) is 6.48 Å². The Labute approximate surface area is 165 Å². The molecule has 0 aromatic heterocycles. The van der Waals surface area contributed by atoms with Crippen LogP contribution in [0.15, 0.2) is 84.9 Å². The second-order valence-electron chi connectivity index (χ2n) is 7.25. The summed E-state index contributed by atoms with van der Waals surface area (Å²) in [6, 6.07) is 30.9. The van der Waals surface area contributed by atoms with Crippen molar-refractivity contribution >= 4 is 30.8 Å². The van der Waals surface area contributed by atoms with Gasteiger partial charge in [0.15, 0.2) is 0 Å². The van der Waals surface area contributed by atoms with E-state index in [1.807, 2.05) is 0 Å². The molecular formula is C23H28BN2P. The van der Waals surface area contributed by atoms with Gasteiger partial charge in [-0.3, -0.25) is 0 Å². The van der Waals surface area contributed by atoms with E-state index in [-0.39, 0.29) is 0 Å². The molecule has 0 unspecified atom stereocenters. The minimum Gasteiger partial charge on any atom is -0.334 e. The van der Waals surface area contributed by atoms with E-state index in [1.54, 1.807) is 0 Å². The van der Waals surface area contributed by atoms with Gasteiger partial charge < -0.3 is 9.62 Å². The molecule has 138 valence electrons. The van der Waals surface area contributed by atoms with Crippen LogP contribution in [0.5, 0.6) is 0 Å². The summed E-state index contributed by atoms with van der Waals surface area (Å²) < 4.78 is 0. The molecular weight excluding hydrogens is 346 g/mol. The number of hydrogen-bond donors (Lipinski definition) is 0. The Morgan fingerprint density at radius 3 is 1.56 bits per heavy atom. The van der Waals surface area contributed by atoms with Crippen molar-refractivity contribution in [1.82, 2.24) is 9.62 Å². The highest BCUT2D eigenvalue weighted by Gasteiger charge is 2.25. The molecule has 0 heterocycles. The number of benzene rings is 3. The van der Waals surface area contributed by atoms with Gasteiger partial charge >= 0.3 is 6.98 Å². The van der Waals surface area contributed by atoms with Crippen LogP contribution in [0.1, 0.15) is 5.56 Å². The van der Waals surface area contributed by atoms with Crippen LogP contribution in [0, 0.1) is 0 Å². The molecule has 4 heteroatoms. The first-order valence-electron chi connectivity index (χ1n) is 9.39. The van der Waals surface area contributed by atoms with E-state index in [4.69, 9.17) is 0 Å². The zero-order chi connectivity index (χ0) is 19.2. The Morgan fingerprint density at radius 1 is 0.630 bits per heavy atom. The molecule has 0 fully saturated rings. The molecule has 0 aliphatic rings. The molecule has 0 atom stereocenters. The van der Waals surface area contributed by atoms with Crippen LogP contribution in [0.4, 0.5) is 0 Å². The fourth-order valence-corrected chi connectivity index (χ4v) is 5.99. The molecule has 0 spiro atoms. The third-order valence-corrected chi connectivity index (χ3v) is 7.40. The van der Waals surface area contributed by atoms with Gasteiger partial charge in [0.1, 0.15) is 0 Å². The Morgan fingerprint density at radius 2 is 1.07 bits per heavy atom. The lowest BCUT2D eigenvalue weighted by molar-refractivity contribution is 0.513. The van der Waals surface area contributed by atoms with E-state index in [9.17, 15) is 0 Å². The maximum Gasteiger partial charge on any atom is 0.314 e. The van der Waals surface area contributed by atoms with E-state index in [2.05, 4.69) is 123 Å². The Balaban J connectivity index is 2.08. The van der Waals surface area contributed by atoms with Crippen molar-refractivity contribution < 1.29 is 0 Å². The van der Waals surface area contributed by atoms with Gasteiger partial charge in [-0.1, -0.05) is 84.9 Å². The predicted molar refractivity (Wildman–Crippen MR) is 122 cm³/mol. The normalized spacial score (nSPS) is 11.4. The minimum absolute atomic E-state index is 0.370. The molecule has 0 saturated heterocycles. The molecule has 0 N–H and O–H groups in total. The maximum absolute atomic E-state index is 2.32. The van der Waals surface area contributed by atoms with Gasteiger partial charge in [-0.2, -0.15) is 0 Å². The van der Waals surface area contributed by atoms with Crippen LogP contribution in [-0.2, 0) is 6.32 Å². The second-order valence-corrected chi connectivity index (χ2v) is 9.43. The smallest absolute Gasteiger partial charge is 0.314 e. The largest absolute Gasteiger partial charge is 0.334 e. The summed E-state index contributed by atoms with van der Waals surface area (Å²) in [4.78, 5) is 4.59. The van der Waals surface area contributed by atoms with Gasteiger partial charge in [-0.15, -0.1) is 0 Å². The lowest BCUT2D eigenvalue weighted by Gasteiger charge is -2.29. The van der Waals surface area contributed by atoms with Crippen LogP contribution in [0.3, 0.4) is 0 Å². The molecule has 3 rings (SSSR count). The van der Waals surface area contributed by atoms with Crippen LogP contribution >= 0.6 is 7.92 Å². The summed E-state index contributed by atoms with van der Waals surface area (Å²) >= 11 is 0. The molecule has 0 amide bonds. The minimum atomic E-state index is -0.573. The number of hydrogen-bond acceptors (Lipinski definition) is 2. The van der Waals surface area contributed by atoms with Crippen molar-refractivity contribution in [2.75, 3.05) is 28.2 Å². The number of nitrogens with zero attached hydrogens (tertiary/aromatic N) is 2. The zero-order valence-electron chi connectivity index (χ0n) is 16.7. The second kappa shape index (κ2) is 9.33. The van der Waals surface area contributed by atoms with E-state index in [1.165, 1.54) is 21.5 Å². The molecule has 0 bridgehead atoms. The highest BCUT2D eigenvalue weighted by Crippen LogP contribution is 2.34. The van der Waals surface area contributed by atoms with Crippen LogP contribution < -0.4 is 15.9 Å². The van der Waals surface area contributed by atoms with Crippen molar-refractivity contribution in [1.29, 1.82) is 0 Å². The lowest BCUT2D eigenvalue weighted by atomic mass is 9.67. The molecule has 0 saturated carbocycles. The molecule has 3 aromatic rings. The van der Waals surface area contributed by atoms with Crippen molar-refractivity contribution in [3.8, 4) is 0 Å². The molecule has 0 radical (unpaired) electrons. The first-order valence-corrected chi connectivity index (χ1v) is 10.7. The first kappa shape index (κ1) is 19.8. The highest BCUT2D eigenvalue weighted by molar-refractivity contribution is 7.79. The summed E-state index contributed by atoms with van der Waals surface area (Å²) in [6.45, 7) is 0.370. The van der Waals surface area contributed by atoms with E-state index in [0.29, 0.717) is 6.98 Å². The van der Waals surface area contributed by atoms with Crippen molar-refractivity contribution in [2.24, 2.45) is 0 Å². The van der Waals surface area contributed by atoms with Crippen molar-refractivity contribution in [2.45, 2.75) is 6.32 Å². The third-order valence-electron chi connectivity index (χ3n) is 4.86. The average molecular weight is 374 g/mol. The summed E-state index contributed by atoms with van der Waals surface area (Å²) in [5.74, 6) is 0. The lowest BCUT2D eigenvalue weighted by Crippen LogP contribution is -2.48. The van der Waals surface area contributed by atoms with Gasteiger partial charge in [0.25, 0.3) is 0 Å². The average Bonchev–Trinajstić information content (AvgIpc) is 2.68. The van der Waals surface area contributed by atoms with E-state index >= 15 is 0 Å². The Hall–Kier alpha value is -1.93. The van der Waals surface area contributed by atoms with Gasteiger partial charge in [0.05, 0.1) is 0 Å². The SMILES string of the molecule is CN(C)B(Cc1ccccc1P(c1ccccc1)c1ccccc1)N(C)C. The molecule has 2 nitrogen and oxygen atoms in total. The third kappa shape index (κ3) is 4.87. The fraction of sp³-hybridized carbons (Fsp3) is 0.217. The van der Waals surface area contributed by atoms with Gasteiger partial charge in [-0.05, 0) is 63.9 Å². The maximum atomic E-state index is 2.32. The standard InChI is InChI=1S/C23H28BN2P/c1-25(2)24(26(3)4)19-20-13-11-12-18-23(20)27(21-14-7-5-8-15-21)22-16-9-6-10-17-22/h5-18H,19H2,1-4H3. The van der Waals surface area contributed by atoms with Crippen LogP contribution in [0.25, 0.3) is 0 Å². The number of rotatable bonds is 7. The Kier molecular flexibility index (Phi) is 6.85. The molecule has 27 heavy (non-hydrogen) atoms. The van der Waals surface area contributed by atoms with Crippen molar-refractivity contribution in [3.05, 3.63) is 90.5 Å². The summed E-state index contributed by atoms with van der Waals surface area (Å²) in [5, 5.41) is 4.26. The summed E-state index contributed by atoms with van der Waals surface area (Å²) in [5.41, 5.74) is 1.43. The van der Waals surface area contributed by atoms with Gasteiger partial charge in [0, 0.05) is 0 Å². The highest BCUT2D eigenvalue weighted by atomic mass is 31.1. The van der Waals surface area contributed by atoms with Crippen molar-refractivity contribution in [3.63, 3.8) is 0 Å². The summed E-state index contributed by atoms with van der Waals surface area (Å²) in [6.07, 6.45) is 1.01. The first-order chi connectivity index (χ1) is 13.1. The molecule has 3 aromatic carbocycles. The zero-order valence-corrected chi connectivity index (χ0v) is 17.6. The molecule has 0 aliphatic carbocycles. The fourth-order valence-electron chi connectivity index (χ4n) is 3.51.